The fourth-order valence-corrected chi connectivity index (χ4v) is 2.38. The molecule has 0 aliphatic rings. The lowest BCUT2D eigenvalue weighted by molar-refractivity contribution is 0.205. The Morgan fingerprint density at radius 1 is 1.40 bits per heavy atom. The molecule has 80 valence electrons. The van der Waals surface area contributed by atoms with Gasteiger partial charge >= 0.3 is 0 Å². The Morgan fingerprint density at radius 2 is 2.13 bits per heavy atom. The number of rotatable bonds is 3. The van der Waals surface area contributed by atoms with Crippen molar-refractivity contribution in [2.24, 2.45) is 7.05 Å². The van der Waals surface area contributed by atoms with E-state index in [1.165, 1.54) is 5.52 Å². The number of aryl methyl sites for hydroxylation is 1. The van der Waals surface area contributed by atoms with E-state index in [-0.39, 0.29) is 6.10 Å². The quantitative estimate of drug-likeness (QED) is 0.861. The number of aromatic nitrogens is 1. The molecule has 0 bridgehead atoms. The van der Waals surface area contributed by atoms with E-state index < -0.39 is 0 Å². The molecule has 1 N–H and O–H groups in total. The van der Waals surface area contributed by atoms with E-state index in [4.69, 9.17) is 0 Å². The standard InChI is InChI=1S/C12H15NOS/c1-13-7-10(12(14)8-15-2)9-5-3-4-6-11(9)13/h3-7,12,14H,8H2,1-2H3. The first-order valence-corrected chi connectivity index (χ1v) is 6.34. The fourth-order valence-electron chi connectivity index (χ4n) is 1.89. The minimum absolute atomic E-state index is 0.369. The summed E-state index contributed by atoms with van der Waals surface area (Å²) < 4.78 is 2.06. The minimum Gasteiger partial charge on any atom is -0.387 e. The molecule has 3 heteroatoms. The van der Waals surface area contributed by atoms with E-state index in [2.05, 4.69) is 16.7 Å². The molecule has 2 aromatic rings. The SMILES string of the molecule is CSCC(O)c1cn(C)c2ccccc12. The number of aliphatic hydroxyl groups excluding tert-OH is 1. The van der Waals surface area contributed by atoms with Gasteiger partial charge in [0, 0.05) is 35.5 Å². The summed E-state index contributed by atoms with van der Waals surface area (Å²) in [6, 6.07) is 8.17. The van der Waals surface area contributed by atoms with Crippen LogP contribution < -0.4 is 0 Å². The van der Waals surface area contributed by atoms with E-state index in [0.29, 0.717) is 0 Å². The third-order valence-electron chi connectivity index (χ3n) is 2.61. The van der Waals surface area contributed by atoms with Crippen molar-refractivity contribution in [1.29, 1.82) is 0 Å². The van der Waals surface area contributed by atoms with Gasteiger partial charge in [0.2, 0.25) is 0 Å². The van der Waals surface area contributed by atoms with Crippen molar-refractivity contribution < 1.29 is 5.11 Å². The van der Waals surface area contributed by atoms with Crippen LogP contribution in [0, 0.1) is 0 Å². The summed E-state index contributed by atoms with van der Waals surface area (Å²) in [7, 11) is 2.01. The zero-order chi connectivity index (χ0) is 10.8. The number of thioether (sulfide) groups is 1. The molecule has 1 heterocycles. The van der Waals surface area contributed by atoms with Crippen LogP contribution in [0.25, 0.3) is 10.9 Å². The predicted octanol–water partition coefficient (Wildman–Crippen LogP) is 2.57. The second-order valence-corrected chi connectivity index (χ2v) is 4.59. The van der Waals surface area contributed by atoms with Gasteiger partial charge in [0.25, 0.3) is 0 Å². The van der Waals surface area contributed by atoms with Gasteiger partial charge in [-0.25, -0.2) is 0 Å². The maximum Gasteiger partial charge on any atom is 0.0900 e. The molecule has 15 heavy (non-hydrogen) atoms. The van der Waals surface area contributed by atoms with Crippen LogP contribution in [0.2, 0.25) is 0 Å². The van der Waals surface area contributed by atoms with Crippen LogP contribution >= 0.6 is 11.8 Å². The molecular formula is C12H15NOS. The molecule has 0 aliphatic heterocycles. The number of aliphatic hydroxyl groups is 1. The summed E-state index contributed by atoms with van der Waals surface area (Å²) in [6.07, 6.45) is 3.66. The molecular weight excluding hydrogens is 206 g/mol. The zero-order valence-electron chi connectivity index (χ0n) is 8.97. The average Bonchev–Trinajstić information content (AvgIpc) is 2.58. The third kappa shape index (κ3) is 1.90. The molecule has 2 nitrogen and oxygen atoms in total. The third-order valence-corrected chi connectivity index (χ3v) is 3.26. The highest BCUT2D eigenvalue weighted by molar-refractivity contribution is 7.98. The molecule has 1 aromatic heterocycles. The summed E-state index contributed by atoms with van der Waals surface area (Å²) in [4.78, 5) is 0. The molecule has 1 unspecified atom stereocenters. The van der Waals surface area contributed by atoms with Crippen LogP contribution in [-0.2, 0) is 7.05 Å². The summed E-state index contributed by atoms with van der Waals surface area (Å²) in [5.41, 5.74) is 2.20. The number of hydrogen-bond donors (Lipinski definition) is 1. The second-order valence-electron chi connectivity index (χ2n) is 3.68. The first kappa shape index (κ1) is 10.6. The maximum atomic E-state index is 10.00. The first-order chi connectivity index (χ1) is 7.24. The Labute approximate surface area is 93.9 Å². The Bertz CT molecular complexity index is 464. The molecule has 0 radical (unpaired) electrons. The molecule has 1 atom stereocenters. The van der Waals surface area contributed by atoms with Gasteiger partial charge in [-0.15, -0.1) is 0 Å². The Morgan fingerprint density at radius 3 is 2.87 bits per heavy atom. The van der Waals surface area contributed by atoms with Crippen LogP contribution in [0.4, 0.5) is 0 Å². The van der Waals surface area contributed by atoms with Crippen LogP contribution in [0.1, 0.15) is 11.7 Å². The Balaban J connectivity index is 2.52. The van der Waals surface area contributed by atoms with E-state index in [9.17, 15) is 5.11 Å². The number of nitrogens with zero attached hydrogens (tertiary/aromatic N) is 1. The highest BCUT2D eigenvalue weighted by atomic mass is 32.2. The Hall–Kier alpha value is -0.930. The minimum atomic E-state index is -0.369. The normalized spacial score (nSPS) is 13.3. The van der Waals surface area contributed by atoms with Crippen molar-refractivity contribution in [3.8, 4) is 0 Å². The number of benzene rings is 1. The topological polar surface area (TPSA) is 25.2 Å². The van der Waals surface area contributed by atoms with Crippen LogP contribution in [0.15, 0.2) is 30.5 Å². The maximum absolute atomic E-state index is 10.00. The fraction of sp³-hybridized carbons (Fsp3) is 0.333. The van der Waals surface area contributed by atoms with Crippen molar-refractivity contribution >= 4 is 22.7 Å². The molecule has 0 saturated heterocycles. The molecule has 0 amide bonds. The number of para-hydroxylation sites is 1. The highest BCUT2D eigenvalue weighted by Crippen LogP contribution is 2.27. The van der Waals surface area contributed by atoms with Gasteiger partial charge in [-0.3, -0.25) is 0 Å². The second kappa shape index (κ2) is 4.29. The number of fused-ring (bicyclic) bond motifs is 1. The highest BCUT2D eigenvalue weighted by Gasteiger charge is 2.13. The number of hydrogen-bond acceptors (Lipinski definition) is 2. The van der Waals surface area contributed by atoms with Crippen molar-refractivity contribution in [2.75, 3.05) is 12.0 Å². The van der Waals surface area contributed by atoms with Crippen LogP contribution in [0.3, 0.4) is 0 Å². The van der Waals surface area contributed by atoms with E-state index in [1.807, 2.05) is 31.6 Å². The predicted molar refractivity (Wildman–Crippen MR) is 66.3 cm³/mol. The van der Waals surface area contributed by atoms with Crippen molar-refractivity contribution in [2.45, 2.75) is 6.10 Å². The van der Waals surface area contributed by atoms with E-state index in [1.54, 1.807) is 11.8 Å². The lowest BCUT2D eigenvalue weighted by atomic mass is 10.1. The summed E-state index contributed by atoms with van der Waals surface area (Å²) >= 11 is 1.66. The molecule has 2 rings (SSSR count). The Kier molecular flexibility index (Phi) is 3.03. The largest absolute Gasteiger partial charge is 0.387 e. The van der Waals surface area contributed by atoms with Gasteiger partial charge < -0.3 is 9.67 Å². The molecule has 0 fully saturated rings. The van der Waals surface area contributed by atoms with Crippen molar-refractivity contribution in [1.82, 2.24) is 4.57 Å². The van der Waals surface area contributed by atoms with Gasteiger partial charge in [0.15, 0.2) is 0 Å². The first-order valence-electron chi connectivity index (χ1n) is 4.95. The van der Waals surface area contributed by atoms with Gasteiger partial charge in [-0.2, -0.15) is 11.8 Å². The smallest absolute Gasteiger partial charge is 0.0900 e. The van der Waals surface area contributed by atoms with E-state index >= 15 is 0 Å². The molecule has 0 saturated carbocycles. The van der Waals surface area contributed by atoms with Gasteiger partial charge in [-0.1, -0.05) is 18.2 Å². The van der Waals surface area contributed by atoms with Crippen molar-refractivity contribution in [3.63, 3.8) is 0 Å². The van der Waals surface area contributed by atoms with Crippen LogP contribution in [-0.4, -0.2) is 21.7 Å². The lowest BCUT2D eigenvalue weighted by Crippen LogP contribution is -1.99. The molecule has 1 aromatic carbocycles. The average molecular weight is 221 g/mol. The van der Waals surface area contributed by atoms with E-state index in [0.717, 1.165) is 16.7 Å². The van der Waals surface area contributed by atoms with Gasteiger partial charge in [-0.05, 0) is 12.3 Å². The summed E-state index contributed by atoms with van der Waals surface area (Å²) in [6.45, 7) is 0. The monoisotopic (exact) mass is 221 g/mol. The summed E-state index contributed by atoms with van der Waals surface area (Å²) in [5, 5.41) is 11.2. The lowest BCUT2D eigenvalue weighted by Gasteiger charge is -2.06. The molecule has 0 aliphatic carbocycles. The van der Waals surface area contributed by atoms with Gasteiger partial charge in [0.05, 0.1) is 6.10 Å². The van der Waals surface area contributed by atoms with Crippen molar-refractivity contribution in [3.05, 3.63) is 36.0 Å². The van der Waals surface area contributed by atoms with Crippen LogP contribution in [0.5, 0.6) is 0 Å². The summed E-state index contributed by atoms with van der Waals surface area (Å²) in [5.74, 6) is 0.744. The molecule has 0 spiro atoms. The zero-order valence-corrected chi connectivity index (χ0v) is 9.79. The van der Waals surface area contributed by atoms with Gasteiger partial charge in [0.1, 0.15) is 0 Å².